The fourth-order valence-electron chi connectivity index (χ4n) is 2.19. The van der Waals surface area contributed by atoms with Gasteiger partial charge in [0.15, 0.2) is 0 Å². The second-order valence-corrected chi connectivity index (χ2v) is 8.31. The zero-order valence-corrected chi connectivity index (χ0v) is 16.4. The Hall–Kier alpha value is -3.26. The molecule has 10 nitrogen and oxygen atoms in total. The van der Waals surface area contributed by atoms with Crippen molar-refractivity contribution in [3.05, 3.63) is 48.4 Å². The first-order valence-electron chi connectivity index (χ1n) is 7.90. The number of primary amides is 2. The van der Waals surface area contributed by atoms with E-state index in [-0.39, 0.29) is 11.5 Å². The second-order valence-electron chi connectivity index (χ2n) is 5.58. The molecule has 2 heterocycles. The molecule has 0 aliphatic heterocycles. The number of benzene rings is 1. The van der Waals surface area contributed by atoms with Crippen LogP contribution >= 0.6 is 0 Å². The molecule has 2 unspecified atom stereocenters. The third kappa shape index (κ3) is 4.48. The summed E-state index contributed by atoms with van der Waals surface area (Å²) >= 11 is -1.02. The predicted octanol–water partition coefficient (Wildman–Crippen LogP) is -2.17. The molecule has 0 fully saturated rings. The van der Waals surface area contributed by atoms with Crippen molar-refractivity contribution in [1.82, 2.24) is 25.0 Å². The molecule has 2 atom stereocenters. The van der Waals surface area contributed by atoms with E-state index in [1.54, 1.807) is 19.3 Å². The summed E-state index contributed by atoms with van der Waals surface area (Å²) in [5, 5.41) is 11.0. The molecule has 0 saturated heterocycles. The number of hydrogen-bond acceptors (Lipinski definition) is 7. The van der Waals surface area contributed by atoms with Gasteiger partial charge >= 0.3 is 161 Å². The summed E-state index contributed by atoms with van der Waals surface area (Å²) in [6.45, 7) is 1.60. The monoisotopic (exact) mass is 428 g/mol. The van der Waals surface area contributed by atoms with Crippen molar-refractivity contribution in [2.45, 2.75) is 13.0 Å². The number of nitrogens with two attached hydrogens (primary N) is 2. The maximum absolute atomic E-state index is 11.8. The Labute approximate surface area is 161 Å². The Morgan fingerprint density at radius 3 is 2.63 bits per heavy atom. The molecule has 0 spiro atoms. The molecule has 0 aliphatic rings. The molecule has 3 aromatic rings. The average molecular weight is 428 g/mol. The van der Waals surface area contributed by atoms with Gasteiger partial charge in [0.1, 0.15) is 0 Å². The van der Waals surface area contributed by atoms with Gasteiger partial charge in [-0.05, 0) is 0 Å². The van der Waals surface area contributed by atoms with E-state index in [9.17, 15) is 9.59 Å². The molecule has 27 heavy (non-hydrogen) atoms. The Morgan fingerprint density at radius 2 is 1.96 bits per heavy atom. The van der Waals surface area contributed by atoms with E-state index in [4.69, 9.17) is 11.5 Å². The third-order valence-electron chi connectivity index (χ3n) is 3.59. The van der Waals surface area contributed by atoms with Crippen LogP contribution in [0.3, 0.4) is 0 Å². The fourth-order valence-corrected chi connectivity index (χ4v) is 4.61. The molecule has 1 aromatic carbocycles. The SMILES string of the molecule is CC(Nc1ncc(C(N)=O)c([AsH]c2cccc(-n3nccn3)c2)n1)C(N)=O. The zero-order valence-electron chi connectivity index (χ0n) is 14.3. The Balaban J connectivity index is 1.91. The molecule has 0 saturated carbocycles. The van der Waals surface area contributed by atoms with Crippen molar-refractivity contribution in [3.63, 3.8) is 0 Å². The number of aromatic nitrogens is 5. The van der Waals surface area contributed by atoms with Crippen LogP contribution in [0.15, 0.2) is 42.9 Å². The summed E-state index contributed by atoms with van der Waals surface area (Å²) in [5.41, 5.74) is 11.8. The number of amides is 2. The first kappa shape index (κ1) is 18.5. The van der Waals surface area contributed by atoms with Gasteiger partial charge in [-0.15, -0.1) is 0 Å². The van der Waals surface area contributed by atoms with Crippen LogP contribution in [0.2, 0.25) is 0 Å². The number of nitrogens with one attached hydrogen (secondary N) is 1. The van der Waals surface area contributed by atoms with E-state index >= 15 is 0 Å². The first-order valence-corrected chi connectivity index (χ1v) is 10.0. The van der Waals surface area contributed by atoms with Crippen molar-refractivity contribution in [1.29, 1.82) is 0 Å². The fraction of sp³-hybridized carbons (Fsp3) is 0.125. The number of anilines is 1. The normalized spacial score (nSPS) is 12.2. The van der Waals surface area contributed by atoms with Gasteiger partial charge in [0.2, 0.25) is 0 Å². The van der Waals surface area contributed by atoms with Crippen LogP contribution in [0.25, 0.3) is 5.69 Å². The Morgan fingerprint density at radius 1 is 1.22 bits per heavy atom. The van der Waals surface area contributed by atoms with Crippen LogP contribution in [0.4, 0.5) is 5.95 Å². The number of carbonyl (C=O) groups excluding carboxylic acids is 2. The van der Waals surface area contributed by atoms with Crippen LogP contribution in [-0.2, 0) is 4.79 Å². The molecule has 0 aliphatic carbocycles. The zero-order chi connectivity index (χ0) is 19.4. The maximum atomic E-state index is 11.8. The predicted molar refractivity (Wildman–Crippen MR) is 101 cm³/mol. The van der Waals surface area contributed by atoms with Crippen molar-refractivity contribution in [2.24, 2.45) is 11.5 Å². The minimum atomic E-state index is -1.02. The number of hydrogen-bond donors (Lipinski definition) is 3. The van der Waals surface area contributed by atoms with E-state index in [1.165, 1.54) is 11.0 Å². The second kappa shape index (κ2) is 7.96. The van der Waals surface area contributed by atoms with E-state index in [2.05, 4.69) is 25.5 Å². The van der Waals surface area contributed by atoms with Gasteiger partial charge in [-0.3, -0.25) is 0 Å². The van der Waals surface area contributed by atoms with Crippen LogP contribution in [-0.4, -0.2) is 58.6 Å². The van der Waals surface area contributed by atoms with Gasteiger partial charge < -0.3 is 0 Å². The quantitative estimate of drug-likeness (QED) is 0.362. The van der Waals surface area contributed by atoms with Crippen LogP contribution in [0, 0.1) is 0 Å². The third-order valence-corrected chi connectivity index (χ3v) is 6.14. The minimum absolute atomic E-state index is 0.218. The molecule has 3 rings (SSSR count). The summed E-state index contributed by atoms with van der Waals surface area (Å²) in [4.78, 5) is 32.9. The van der Waals surface area contributed by atoms with Crippen LogP contribution in [0.5, 0.6) is 0 Å². The van der Waals surface area contributed by atoms with Gasteiger partial charge in [0, 0.05) is 0 Å². The summed E-state index contributed by atoms with van der Waals surface area (Å²) in [6.07, 6.45) is 4.55. The van der Waals surface area contributed by atoms with Crippen molar-refractivity contribution < 1.29 is 9.59 Å². The molecule has 11 heteroatoms. The topological polar surface area (TPSA) is 155 Å². The average Bonchev–Trinajstić information content (AvgIpc) is 3.16. The van der Waals surface area contributed by atoms with Crippen molar-refractivity contribution >= 4 is 42.3 Å². The van der Waals surface area contributed by atoms with Gasteiger partial charge in [0.05, 0.1) is 0 Å². The number of nitrogens with zero attached hydrogens (tertiary/aromatic N) is 5. The molecule has 2 amide bonds. The summed E-state index contributed by atoms with van der Waals surface area (Å²) in [5.74, 6) is -0.919. The van der Waals surface area contributed by atoms with Crippen LogP contribution in [0.1, 0.15) is 17.3 Å². The summed E-state index contributed by atoms with van der Waals surface area (Å²) in [7, 11) is 0. The Bertz CT molecular complexity index is 976. The first-order chi connectivity index (χ1) is 12.9. The number of carbonyl (C=O) groups is 2. The molecular formula is C16H17AsN8O2. The van der Waals surface area contributed by atoms with E-state index in [0.29, 0.717) is 4.48 Å². The van der Waals surface area contributed by atoms with E-state index in [1.807, 2.05) is 24.3 Å². The van der Waals surface area contributed by atoms with Crippen molar-refractivity contribution in [3.8, 4) is 5.69 Å². The van der Waals surface area contributed by atoms with E-state index < -0.39 is 33.6 Å². The molecule has 2 aromatic heterocycles. The summed E-state index contributed by atoms with van der Waals surface area (Å²) in [6, 6.07) is 7.00. The molecule has 138 valence electrons. The van der Waals surface area contributed by atoms with Gasteiger partial charge in [-0.2, -0.15) is 0 Å². The molecule has 0 radical (unpaired) electrons. The molecular weight excluding hydrogens is 411 g/mol. The van der Waals surface area contributed by atoms with Crippen LogP contribution < -0.4 is 25.6 Å². The number of rotatable bonds is 7. The Kier molecular flexibility index (Phi) is 5.46. The van der Waals surface area contributed by atoms with Gasteiger partial charge in [0.25, 0.3) is 0 Å². The summed E-state index contributed by atoms with van der Waals surface area (Å²) < 4.78 is 1.56. The van der Waals surface area contributed by atoms with E-state index in [0.717, 1.165) is 10.0 Å². The van der Waals surface area contributed by atoms with Gasteiger partial charge in [-0.25, -0.2) is 0 Å². The molecule has 5 N–H and O–H groups in total. The van der Waals surface area contributed by atoms with Crippen molar-refractivity contribution in [2.75, 3.05) is 5.32 Å². The standard InChI is InChI=1S/C16H17AsN8O2/c1-9(14(18)26)23-16-20-8-12(15(19)27)13(24-16)17-10-3-2-4-11(7-10)25-21-5-6-22-25/h2-9,17H,1H3,(H2,18,26)(H2,19,27)(H,20,23,24). The molecule has 0 bridgehead atoms. The van der Waals surface area contributed by atoms with Gasteiger partial charge in [-0.1, -0.05) is 0 Å².